The van der Waals surface area contributed by atoms with Gasteiger partial charge in [0.2, 0.25) is 0 Å². The zero-order chi connectivity index (χ0) is 19.8. The first kappa shape index (κ1) is 19.0. The maximum absolute atomic E-state index is 16.6. The Morgan fingerprint density at radius 1 is 1.26 bits per heavy atom. The first-order chi connectivity index (χ1) is 12.6. The fraction of sp³-hybridized carbons (Fsp3) is 0.727. The Labute approximate surface area is 158 Å². The average Bonchev–Trinajstić information content (AvgIpc) is 2.89. The van der Waals surface area contributed by atoms with E-state index in [1.165, 1.54) is 6.08 Å². The van der Waals surface area contributed by atoms with Crippen molar-refractivity contribution in [3.63, 3.8) is 0 Å². The zero-order valence-electron chi connectivity index (χ0n) is 16.2. The molecule has 3 nitrogen and oxygen atoms in total. The van der Waals surface area contributed by atoms with Gasteiger partial charge in [0.25, 0.3) is 0 Å². The minimum Gasteiger partial charge on any atom is -0.389 e. The number of halogens is 2. The van der Waals surface area contributed by atoms with Crippen LogP contribution in [-0.2, 0) is 9.59 Å². The molecule has 27 heavy (non-hydrogen) atoms. The van der Waals surface area contributed by atoms with Crippen molar-refractivity contribution < 1.29 is 23.5 Å². The molecular weight excluding hydrogens is 350 g/mol. The van der Waals surface area contributed by atoms with Gasteiger partial charge in [-0.05, 0) is 54.2 Å². The molecule has 8 atom stereocenters. The van der Waals surface area contributed by atoms with E-state index in [0.717, 1.165) is 0 Å². The molecule has 4 rings (SSSR count). The minimum absolute atomic E-state index is 0.0161. The van der Waals surface area contributed by atoms with Crippen LogP contribution < -0.4 is 0 Å². The summed E-state index contributed by atoms with van der Waals surface area (Å²) in [4.78, 5) is 24.3. The Balaban J connectivity index is 1.83. The third-order valence-corrected chi connectivity index (χ3v) is 8.35. The molecule has 0 saturated heterocycles. The van der Waals surface area contributed by atoms with Gasteiger partial charge in [-0.3, -0.25) is 9.59 Å². The van der Waals surface area contributed by atoms with Gasteiger partial charge in [0, 0.05) is 23.7 Å². The molecule has 0 bridgehead atoms. The molecule has 2 unspecified atom stereocenters. The molecule has 0 aliphatic heterocycles. The van der Waals surface area contributed by atoms with Crippen molar-refractivity contribution >= 4 is 11.6 Å². The van der Waals surface area contributed by atoms with Crippen LogP contribution in [0.1, 0.15) is 46.5 Å². The quantitative estimate of drug-likeness (QED) is 0.745. The Kier molecular flexibility index (Phi) is 4.09. The van der Waals surface area contributed by atoms with Crippen molar-refractivity contribution in [2.24, 2.45) is 34.5 Å². The summed E-state index contributed by atoms with van der Waals surface area (Å²) in [7, 11) is 0. The number of fused-ring (bicyclic) bond motifs is 5. The van der Waals surface area contributed by atoms with Crippen molar-refractivity contribution in [2.45, 2.75) is 58.3 Å². The lowest BCUT2D eigenvalue weighted by Crippen LogP contribution is -2.61. The molecule has 4 aliphatic carbocycles. The Morgan fingerprint density at radius 2 is 1.96 bits per heavy atom. The second-order valence-corrected chi connectivity index (χ2v) is 9.60. The van der Waals surface area contributed by atoms with E-state index in [-0.39, 0.29) is 42.2 Å². The molecular formula is C22H28F2O3. The van der Waals surface area contributed by atoms with E-state index in [1.807, 2.05) is 19.9 Å². The van der Waals surface area contributed by atoms with Crippen molar-refractivity contribution in [3.8, 4) is 0 Å². The number of hydrogen-bond donors (Lipinski definition) is 1. The van der Waals surface area contributed by atoms with E-state index in [1.54, 1.807) is 13.0 Å². The van der Waals surface area contributed by atoms with Crippen molar-refractivity contribution in [1.29, 1.82) is 0 Å². The van der Waals surface area contributed by atoms with Gasteiger partial charge in [-0.2, -0.15) is 0 Å². The number of carbonyl (C=O) groups is 2. The number of ketones is 2. The van der Waals surface area contributed by atoms with E-state index in [2.05, 4.69) is 0 Å². The lowest BCUT2D eigenvalue weighted by atomic mass is 9.47. The Hall–Kier alpha value is -1.36. The summed E-state index contributed by atoms with van der Waals surface area (Å²) >= 11 is 0. The number of hydrogen-bond acceptors (Lipinski definition) is 3. The van der Waals surface area contributed by atoms with Crippen LogP contribution in [0.4, 0.5) is 8.78 Å². The molecule has 0 aromatic heterocycles. The lowest BCUT2D eigenvalue weighted by molar-refractivity contribution is -0.132. The molecule has 0 aromatic rings. The maximum atomic E-state index is 16.6. The predicted octanol–water partition coefficient (Wildman–Crippen LogP) is 3.76. The summed E-state index contributed by atoms with van der Waals surface area (Å²) in [6, 6.07) is 0. The van der Waals surface area contributed by atoms with Gasteiger partial charge in [-0.25, -0.2) is 8.78 Å². The van der Waals surface area contributed by atoms with Gasteiger partial charge in [0.05, 0.1) is 0 Å². The highest BCUT2D eigenvalue weighted by Gasteiger charge is 2.68. The maximum Gasteiger partial charge on any atom is 0.162 e. The van der Waals surface area contributed by atoms with Crippen LogP contribution >= 0.6 is 0 Å². The highest BCUT2D eigenvalue weighted by atomic mass is 19.1. The van der Waals surface area contributed by atoms with E-state index in [4.69, 9.17) is 0 Å². The molecule has 0 radical (unpaired) electrons. The van der Waals surface area contributed by atoms with Crippen LogP contribution in [0.2, 0.25) is 0 Å². The van der Waals surface area contributed by atoms with Gasteiger partial charge in [-0.1, -0.05) is 26.8 Å². The third-order valence-electron chi connectivity index (χ3n) is 8.35. The molecule has 5 heteroatoms. The summed E-state index contributed by atoms with van der Waals surface area (Å²) < 4.78 is 31.8. The van der Waals surface area contributed by atoms with E-state index >= 15 is 8.78 Å². The first-order valence-electron chi connectivity index (χ1n) is 10.0. The van der Waals surface area contributed by atoms with Gasteiger partial charge >= 0.3 is 0 Å². The number of carbonyl (C=O) groups excluding carboxylic acids is 2. The standard InChI is InChI=1S/C22H28F2O3/c1-12-8-14-15-10-17(23)16-9-13(26)4-5-21(16,3)22(15,24)7-6-20(14,2)19(12)18(27)11-25/h6-7,9,12,14-15,17,19,25H,4-5,8,10-11H2,1-3H3/t12?,14-,15-,17?,19+,20-,21-,22+/m0/s1. The first-order valence-corrected chi connectivity index (χ1v) is 10.0. The summed E-state index contributed by atoms with van der Waals surface area (Å²) in [6.07, 6.45) is 4.65. The number of alkyl halides is 2. The third kappa shape index (κ3) is 2.27. The number of allylic oxidation sites excluding steroid dienone is 4. The number of aliphatic hydroxyl groups is 1. The molecule has 1 N–H and O–H groups in total. The fourth-order valence-electron chi connectivity index (χ4n) is 6.99. The highest BCUT2D eigenvalue weighted by Crippen LogP contribution is 2.68. The predicted molar refractivity (Wildman–Crippen MR) is 97.4 cm³/mol. The van der Waals surface area contributed by atoms with Crippen molar-refractivity contribution in [2.75, 3.05) is 6.61 Å². The van der Waals surface area contributed by atoms with Crippen LogP contribution in [-0.4, -0.2) is 35.1 Å². The van der Waals surface area contributed by atoms with Crippen LogP contribution in [0, 0.1) is 34.5 Å². The van der Waals surface area contributed by atoms with Crippen LogP contribution in [0.3, 0.4) is 0 Å². The summed E-state index contributed by atoms with van der Waals surface area (Å²) in [5.41, 5.74) is -3.01. The minimum atomic E-state index is -1.72. The number of Topliss-reactive ketones (excluding diaryl/α,β-unsaturated/α-hetero) is 1. The van der Waals surface area contributed by atoms with Crippen LogP contribution in [0.15, 0.2) is 23.8 Å². The number of aliphatic hydroxyl groups excluding tert-OH is 1. The molecule has 2 fully saturated rings. The van der Waals surface area contributed by atoms with Crippen molar-refractivity contribution in [3.05, 3.63) is 23.8 Å². The molecule has 0 amide bonds. The van der Waals surface area contributed by atoms with Crippen LogP contribution in [0.5, 0.6) is 0 Å². The zero-order valence-corrected chi connectivity index (χ0v) is 16.2. The molecule has 0 aromatic carbocycles. The monoisotopic (exact) mass is 378 g/mol. The SMILES string of the molecule is CC1C[C@H]2[C@@H]3CC(F)C4=CC(=O)CC[C@]4(C)[C@@]3(F)C=C[C@]2(C)[C@H]1C(=O)CO. The molecule has 0 heterocycles. The Morgan fingerprint density at radius 3 is 2.63 bits per heavy atom. The average molecular weight is 378 g/mol. The lowest BCUT2D eigenvalue weighted by Gasteiger charge is -2.59. The van der Waals surface area contributed by atoms with E-state index in [0.29, 0.717) is 18.4 Å². The highest BCUT2D eigenvalue weighted by molar-refractivity contribution is 5.92. The fourth-order valence-corrected chi connectivity index (χ4v) is 6.99. The smallest absolute Gasteiger partial charge is 0.162 e. The van der Waals surface area contributed by atoms with E-state index in [9.17, 15) is 14.7 Å². The van der Waals surface area contributed by atoms with E-state index < -0.39 is 35.2 Å². The van der Waals surface area contributed by atoms with Gasteiger partial charge in [0.15, 0.2) is 11.6 Å². The second kappa shape index (κ2) is 5.82. The van der Waals surface area contributed by atoms with Crippen molar-refractivity contribution in [1.82, 2.24) is 0 Å². The van der Waals surface area contributed by atoms with Gasteiger partial charge in [0.1, 0.15) is 18.4 Å². The van der Waals surface area contributed by atoms with Crippen LogP contribution in [0.25, 0.3) is 0 Å². The summed E-state index contributed by atoms with van der Waals surface area (Å²) in [5, 5.41) is 9.42. The molecule has 148 valence electrons. The number of rotatable bonds is 2. The second-order valence-electron chi connectivity index (χ2n) is 9.60. The normalized spacial score (nSPS) is 51.3. The van der Waals surface area contributed by atoms with Gasteiger partial charge in [-0.15, -0.1) is 0 Å². The summed E-state index contributed by atoms with van der Waals surface area (Å²) in [5.74, 6) is -1.38. The molecule has 0 spiro atoms. The topological polar surface area (TPSA) is 54.4 Å². The molecule has 4 aliphatic rings. The largest absolute Gasteiger partial charge is 0.389 e. The summed E-state index contributed by atoms with van der Waals surface area (Å²) in [6.45, 7) is 5.17. The molecule has 2 saturated carbocycles. The Bertz CT molecular complexity index is 759. The van der Waals surface area contributed by atoms with Gasteiger partial charge < -0.3 is 5.11 Å².